The number of allylic oxidation sites excluding steroid dienone is 1. The predicted molar refractivity (Wildman–Crippen MR) is 115 cm³/mol. The molecule has 154 valence electrons. The monoisotopic (exact) mass is 405 g/mol. The van der Waals surface area contributed by atoms with Crippen molar-refractivity contribution in [1.82, 2.24) is 4.90 Å². The number of morpholine rings is 1. The van der Waals surface area contributed by atoms with Crippen molar-refractivity contribution in [2.45, 2.75) is 0 Å². The molecule has 1 aromatic heterocycles. The molecule has 1 aliphatic rings. The average molecular weight is 405 g/mol. The number of fused-ring (bicyclic) bond motifs is 1. The Balaban J connectivity index is 1.40. The summed E-state index contributed by atoms with van der Waals surface area (Å²) in [6, 6.07) is 16.2. The third-order valence-corrected chi connectivity index (χ3v) is 4.97. The van der Waals surface area contributed by atoms with Gasteiger partial charge >= 0.3 is 5.63 Å². The molecule has 0 saturated carbocycles. The van der Waals surface area contributed by atoms with E-state index in [1.165, 1.54) is 6.08 Å². The van der Waals surface area contributed by atoms with Gasteiger partial charge in [0.1, 0.15) is 23.5 Å². The van der Waals surface area contributed by atoms with Gasteiger partial charge in [-0.2, -0.15) is 0 Å². The third-order valence-electron chi connectivity index (χ3n) is 4.97. The van der Waals surface area contributed by atoms with Gasteiger partial charge < -0.3 is 13.9 Å². The number of ether oxygens (including phenoxy) is 2. The summed E-state index contributed by atoms with van der Waals surface area (Å²) in [6.07, 6.45) is 3.06. The van der Waals surface area contributed by atoms with E-state index in [-0.39, 0.29) is 5.56 Å². The maximum atomic E-state index is 12.5. The zero-order valence-electron chi connectivity index (χ0n) is 16.6. The topological polar surface area (TPSA) is 69.0 Å². The number of hydrogen-bond donors (Lipinski definition) is 0. The molecule has 2 aromatic carbocycles. The molecular weight excluding hydrogens is 382 g/mol. The van der Waals surface area contributed by atoms with E-state index in [1.54, 1.807) is 30.3 Å². The van der Waals surface area contributed by atoms with Gasteiger partial charge in [-0.1, -0.05) is 36.4 Å². The van der Waals surface area contributed by atoms with Gasteiger partial charge in [-0.3, -0.25) is 9.69 Å². The van der Waals surface area contributed by atoms with Crippen molar-refractivity contribution in [2.75, 3.05) is 39.5 Å². The van der Waals surface area contributed by atoms with Crippen LogP contribution in [0.3, 0.4) is 0 Å². The van der Waals surface area contributed by atoms with Gasteiger partial charge in [0.25, 0.3) is 0 Å². The zero-order valence-corrected chi connectivity index (χ0v) is 16.6. The minimum absolute atomic E-state index is 0.0165. The zero-order chi connectivity index (χ0) is 20.8. The van der Waals surface area contributed by atoms with E-state index in [0.29, 0.717) is 17.6 Å². The molecule has 6 heteroatoms. The van der Waals surface area contributed by atoms with Crippen LogP contribution < -0.4 is 10.4 Å². The highest BCUT2D eigenvalue weighted by Gasteiger charge is 2.11. The minimum atomic E-state index is -0.636. The van der Waals surface area contributed by atoms with Crippen molar-refractivity contribution >= 4 is 22.8 Å². The van der Waals surface area contributed by atoms with E-state index < -0.39 is 11.4 Å². The summed E-state index contributed by atoms with van der Waals surface area (Å²) >= 11 is 0. The number of ketones is 1. The Hall–Kier alpha value is -3.22. The van der Waals surface area contributed by atoms with Crippen LogP contribution in [0.15, 0.2) is 69.9 Å². The fourth-order valence-corrected chi connectivity index (χ4v) is 3.32. The molecule has 0 bridgehead atoms. The highest BCUT2D eigenvalue weighted by Crippen LogP contribution is 2.16. The molecule has 6 nitrogen and oxygen atoms in total. The second kappa shape index (κ2) is 9.52. The Morgan fingerprint density at radius 2 is 1.90 bits per heavy atom. The Labute approximate surface area is 174 Å². The van der Waals surface area contributed by atoms with Crippen molar-refractivity contribution in [1.29, 1.82) is 0 Å². The first-order chi connectivity index (χ1) is 14.7. The van der Waals surface area contributed by atoms with Gasteiger partial charge in [0.2, 0.25) is 0 Å². The van der Waals surface area contributed by atoms with Crippen molar-refractivity contribution in [3.8, 4) is 5.75 Å². The summed E-state index contributed by atoms with van der Waals surface area (Å²) in [5, 5.41) is 0.713. The van der Waals surface area contributed by atoms with E-state index >= 15 is 0 Å². The number of rotatable bonds is 7. The van der Waals surface area contributed by atoms with Gasteiger partial charge in [0, 0.05) is 25.0 Å². The number of carbonyl (C=O) groups excluding carboxylic acids is 1. The molecule has 4 rings (SSSR count). The molecule has 2 heterocycles. The van der Waals surface area contributed by atoms with Crippen LogP contribution in [0.5, 0.6) is 5.75 Å². The summed E-state index contributed by atoms with van der Waals surface area (Å²) in [5.74, 6) is 0.344. The van der Waals surface area contributed by atoms with Gasteiger partial charge in [0.15, 0.2) is 5.78 Å². The first-order valence-electron chi connectivity index (χ1n) is 9.97. The number of para-hydroxylation sites is 1. The average Bonchev–Trinajstić information content (AvgIpc) is 2.78. The lowest BCUT2D eigenvalue weighted by Gasteiger charge is -2.26. The Morgan fingerprint density at radius 3 is 2.77 bits per heavy atom. The molecule has 30 heavy (non-hydrogen) atoms. The van der Waals surface area contributed by atoms with Crippen molar-refractivity contribution in [3.63, 3.8) is 0 Å². The number of nitrogens with zero attached hydrogens (tertiary/aromatic N) is 1. The van der Waals surface area contributed by atoms with Gasteiger partial charge in [-0.15, -0.1) is 0 Å². The summed E-state index contributed by atoms with van der Waals surface area (Å²) < 4.78 is 16.4. The highest BCUT2D eigenvalue weighted by molar-refractivity contribution is 6.07. The van der Waals surface area contributed by atoms with E-state index in [4.69, 9.17) is 13.9 Å². The molecule has 1 saturated heterocycles. The summed E-state index contributed by atoms with van der Waals surface area (Å²) in [4.78, 5) is 27.0. The summed E-state index contributed by atoms with van der Waals surface area (Å²) in [5.41, 5.74) is 0.661. The van der Waals surface area contributed by atoms with Crippen LogP contribution in [0.1, 0.15) is 15.9 Å². The molecule has 0 amide bonds. The molecular formula is C24H23NO5. The molecule has 0 unspecified atom stereocenters. The SMILES string of the molecule is O=C(/C=C/c1cccc(OCCN2CCOCC2)c1)c1cc2ccccc2oc1=O. The fourth-order valence-electron chi connectivity index (χ4n) is 3.32. The van der Waals surface area contributed by atoms with E-state index in [0.717, 1.165) is 44.2 Å². The molecule has 0 spiro atoms. The standard InChI is InChI=1S/C24H23NO5/c26-22(21-17-19-5-1-2-7-23(19)30-24(21)27)9-8-18-4-3-6-20(16-18)29-15-12-25-10-13-28-14-11-25/h1-9,16-17H,10-15H2/b9-8+. The van der Waals surface area contributed by atoms with Crippen molar-refractivity contribution in [2.24, 2.45) is 0 Å². The lowest BCUT2D eigenvalue weighted by atomic mass is 10.1. The molecule has 3 aromatic rings. The van der Waals surface area contributed by atoms with Gasteiger partial charge in [-0.05, 0) is 35.9 Å². The molecule has 0 radical (unpaired) electrons. The maximum Gasteiger partial charge on any atom is 0.347 e. The summed E-state index contributed by atoms with van der Waals surface area (Å²) in [6.45, 7) is 4.83. The molecule has 1 fully saturated rings. The van der Waals surface area contributed by atoms with Crippen LogP contribution in [0, 0.1) is 0 Å². The molecule has 0 N–H and O–H groups in total. The second-order valence-corrected chi connectivity index (χ2v) is 7.06. The van der Waals surface area contributed by atoms with Crippen LogP contribution in [-0.2, 0) is 4.74 Å². The van der Waals surface area contributed by atoms with Gasteiger partial charge in [0.05, 0.1) is 13.2 Å². The van der Waals surface area contributed by atoms with E-state index in [9.17, 15) is 9.59 Å². The molecule has 1 aliphatic heterocycles. The molecule has 0 aliphatic carbocycles. The molecule has 0 atom stereocenters. The maximum absolute atomic E-state index is 12.5. The third kappa shape index (κ3) is 5.03. The quantitative estimate of drug-likeness (QED) is 0.341. The van der Waals surface area contributed by atoms with E-state index in [2.05, 4.69) is 4.90 Å². The number of carbonyl (C=O) groups is 1. The minimum Gasteiger partial charge on any atom is -0.492 e. The number of hydrogen-bond acceptors (Lipinski definition) is 6. The van der Waals surface area contributed by atoms with Crippen LogP contribution in [0.4, 0.5) is 0 Å². The smallest absolute Gasteiger partial charge is 0.347 e. The van der Waals surface area contributed by atoms with E-state index in [1.807, 2.05) is 30.3 Å². The van der Waals surface area contributed by atoms with Gasteiger partial charge in [-0.25, -0.2) is 4.79 Å². The normalized spacial score (nSPS) is 14.9. The second-order valence-electron chi connectivity index (χ2n) is 7.06. The van der Waals surface area contributed by atoms with Crippen molar-refractivity contribution in [3.05, 3.63) is 82.2 Å². The Kier molecular flexibility index (Phi) is 6.37. The largest absolute Gasteiger partial charge is 0.492 e. The first kappa shape index (κ1) is 20.1. The summed E-state index contributed by atoms with van der Waals surface area (Å²) in [7, 11) is 0. The van der Waals surface area contributed by atoms with Crippen molar-refractivity contribution < 1.29 is 18.7 Å². The highest BCUT2D eigenvalue weighted by atomic mass is 16.5. The number of benzene rings is 2. The lowest BCUT2D eigenvalue weighted by Crippen LogP contribution is -2.38. The first-order valence-corrected chi connectivity index (χ1v) is 9.97. The van der Waals surface area contributed by atoms with Crippen LogP contribution >= 0.6 is 0 Å². The predicted octanol–water partition coefficient (Wildman–Crippen LogP) is 3.40. The Morgan fingerprint density at radius 1 is 1.07 bits per heavy atom. The lowest BCUT2D eigenvalue weighted by molar-refractivity contribution is 0.0322. The van der Waals surface area contributed by atoms with Crippen LogP contribution in [0.2, 0.25) is 0 Å². The fraction of sp³-hybridized carbons (Fsp3) is 0.250. The Bertz CT molecular complexity index is 1110. The van der Waals surface area contributed by atoms with Crippen LogP contribution in [0.25, 0.3) is 17.0 Å². The van der Waals surface area contributed by atoms with Crippen LogP contribution in [-0.4, -0.2) is 50.1 Å².